The lowest BCUT2D eigenvalue weighted by atomic mass is 9.95. The van der Waals surface area contributed by atoms with Gasteiger partial charge in [0, 0.05) is 36.1 Å². The van der Waals surface area contributed by atoms with E-state index in [4.69, 9.17) is 21.1 Å². The van der Waals surface area contributed by atoms with Gasteiger partial charge in [0.15, 0.2) is 11.5 Å². The molecule has 182 valence electrons. The van der Waals surface area contributed by atoms with Crippen molar-refractivity contribution in [1.82, 2.24) is 14.5 Å². The van der Waals surface area contributed by atoms with Gasteiger partial charge in [0.1, 0.15) is 5.76 Å². The third kappa shape index (κ3) is 5.02. The summed E-state index contributed by atoms with van der Waals surface area (Å²) in [5, 5.41) is 11.7. The summed E-state index contributed by atoms with van der Waals surface area (Å²) in [6, 6.07) is 10.9. The lowest BCUT2D eigenvalue weighted by Gasteiger charge is -2.26. The molecule has 1 fully saturated rings. The van der Waals surface area contributed by atoms with E-state index in [1.54, 1.807) is 55.0 Å². The number of aliphatic hydroxyl groups is 1. The average molecular weight is 496 g/mol. The van der Waals surface area contributed by atoms with E-state index in [1.807, 2.05) is 17.7 Å². The first-order valence-corrected chi connectivity index (χ1v) is 11.6. The Hall–Kier alpha value is -3.78. The first-order chi connectivity index (χ1) is 16.9. The second kappa shape index (κ2) is 10.7. The van der Waals surface area contributed by atoms with Gasteiger partial charge >= 0.3 is 0 Å². The summed E-state index contributed by atoms with van der Waals surface area (Å²) in [6.07, 6.45) is 5.81. The maximum absolute atomic E-state index is 13.2. The highest BCUT2D eigenvalue weighted by Crippen LogP contribution is 2.42. The second-order valence-corrected chi connectivity index (χ2v) is 8.43. The summed E-state index contributed by atoms with van der Waals surface area (Å²) >= 11 is 5.99. The first kappa shape index (κ1) is 24.3. The third-order valence-electron chi connectivity index (χ3n) is 5.84. The summed E-state index contributed by atoms with van der Waals surface area (Å²) < 4.78 is 13.0. The van der Waals surface area contributed by atoms with Crippen LogP contribution >= 0.6 is 11.6 Å². The fraction of sp³-hybridized carbons (Fsp3) is 0.269. The van der Waals surface area contributed by atoms with Crippen molar-refractivity contribution in [3.8, 4) is 11.5 Å². The highest BCUT2D eigenvalue weighted by Gasteiger charge is 2.46. The Morgan fingerprint density at radius 1 is 1.11 bits per heavy atom. The maximum Gasteiger partial charge on any atom is 0.295 e. The number of carbonyl (C=O) groups is 2. The molecule has 1 saturated heterocycles. The molecule has 8 nitrogen and oxygen atoms in total. The minimum atomic E-state index is -0.793. The Morgan fingerprint density at radius 3 is 2.54 bits per heavy atom. The van der Waals surface area contributed by atoms with E-state index in [1.165, 1.54) is 12.0 Å². The Kier molecular flexibility index (Phi) is 7.41. The molecule has 4 rings (SSSR count). The van der Waals surface area contributed by atoms with E-state index >= 15 is 0 Å². The van der Waals surface area contributed by atoms with Crippen LogP contribution in [0.5, 0.6) is 11.5 Å². The van der Waals surface area contributed by atoms with Crippen LogP contribution in [0.3, 0.4) is 0 Å². The number of benzene rings is 2. The van der Waals surface area contributed by atoms with Crippen LogP contribution in [0.4, 0.5) is 0 Å². The molecular weight excluding hydrogens is 470 g/mol. The highest BCUT2D eigenvalue weighted by atomic mass is 35.5. The molecule has 3 aromatic rings. The molecule has 0 unspecified atom stereocenters. The summed E-state index contributed by atoms with van der Waals surface area (Å²) in [4.78, 5) is 31.9. The van der Waals surface area contributed by atoms with Crippen LogP contribution in [0.25, 0.3) is 5.76 Å². The molecule has 0 spiro atoms. The Bertz CT molecular complexity index is 1240. The van der Waals surface area contributed by atoms with E-state index < -0.39 is 17.7 Å². The van der Waals surface area contributed by atoms with Gasteiger partial charge in [-0.15, -0.1) is 0 Å². The van der Waals surface area contributed by atoms with Gasteiger partial charge in [-0.2, -0.15) is 0 Å². The Morgan fingerprint density at radius 2 is 1.89 bits per heavy atom. The quantitative estimate of drug-likeness (QED) is 0.268. The molecule has 1 N–H and O–H groups in total. The monoisotopic (exact) mass is 495 g/mol. The van der Waals surface area contributed by atoms with Gasteiger partial charge in [0.2, 0.25) is 0 Å². The number of imidazole rings is 1. The van der Waals surface area contributed by atoms with E-state index in [-0.39, 0.29) is 11.3 Å². The molecular formula is C26H26ClN3O5. The summed E-state index contributed by atoms with van der Waals surface area (Å²) in [6.45, 7) is 3.26. The fourth-order valence-electron chi connectivity index (χ4n) is 4.19. The number of ether oxygens (including phenoxy) is 2. The zero-order valence-corrected chi connectivity index (χ0v) is 20.2. The van der Waals surface area contributed by atoms with Crippen molar-refractivity contribution < 1.29 is 24.2 Å². The van der Waals surface area contributed by atoms with Crippen LogP contribution < -0.4 is 9.47 Å². The van der Waals surface area contributed by atoms with E-state index in [9.17, 15) is 14.7 Å². The number of aromatic nitrogens is 2. The number of halogens is 1. The summed E-state index contributed by atoms with van der Waals surface area (Å²) in [5.41, 5.74) is 1.04. The summed E-state index contributed by atoms with van der Waals surface area (Å²) in [7, 11) is 1.53. The molecule has 0 aliphatic carbocycles. The van der Waals surface area contributed by atoms with Crippen LogP contribution in [-0.4, -0.2) is 51.5 Å². The number of hydrogen-bond acceptors (Lipinski definition) is 6. The van der Waals surface area contributed by atoms with Crippen molar-refractivity contribution in [3.05, 3.63) is 82.9 Å². The minimum absolute atomic E-state index is 0.0196. The molecule has 2 aromatic carbocycles. The number of aliphatic hydroxyl groups excluding tert-OH is 1. The average Bonchev–Trinajstić information content (AvgIpc) is 3.47. The number of Topliss-reactive ketones (excluding diaryl/α,β-unsaturated/α-hetero) is 1. The highest BCUT2D eigenvalue weighted by molar-refractivity contribution is 6.46. The number of aryl methyl sites for hydroxylation is 1. The van der Waals surface area contributed by atoms with Crippen LogP contribution in [0.1, 0.15) is 30.5 Å². The van der Waals surface area contributed by atoms with Gasteiger partial charge in [-0.05, 0) is 55.3 Å². The van der Waals surface area contributed by atoms with E-state index in [0.29, 0.717) is 53.8 Å². The van der Waals surface area contributed by atoms with Crippen LogP contribution in [-0.2, 0) is 16.1 Å². The normalized spacial score (nSPS) is 17.1. The van der Waals surface area contributed by atoms with Gasteiger partial charge < -0.3 is 24.0 Å². The molecule has 0 saturated carbocycles. The minimum Gasteiger partial charge on any atom is -0.507 e. The molecule has 9 heteroatoms. The Labute approximate surface area is 208 Å². The third-order valence-corrected chi connectivity index (χ3v) is 6.09. The molecule has 0 bridgehead atoms. The first-order valence-electron chi connectivity index (χ1n) is 11.3. The smallest absolute Gasteiger partial charge is 0.295 e. The summed E-state index contributed by atoms with van der Waals surface area (Å²) in [5.74, 6) is -0.634. The van der Waals surface area contributed by atoms with Crippen LogP contribution in [0, 0.1) is 0 Å². The van der Waals surface area contributed by atoms with Crippen molar-refractivity contribution in [2.24, 2.45) is 0 Å². The number of nitrogens with zero attached hydrogens (tertiary/aromatic N) is 3. The number of rotatable bonds is 9. The number of likely N-dealkylation sites (tertiary alicyclic amines) is 1. The van der Waals surface area contributed by atoms with Crippen molar-refractivity contribution >= 4 is 29.1 Å². The molecule has 2 heterocycles. The molecule has 1 amide bonds. The number of ketones is 1. The SMILES string of the molecule is CCOc1ccc([C@H]2C(=C(O)c3ccc(Cl)cc3)C(=O)C(=O)N2CCCn2ccnc2)cc1OC. The maximum atomic E-state index is 13.2. The predicted molar refractivity (Wildman–Crippen MR) is 131 cm³/mol. The van der Waals surface area contributed by atoms with Crippen molar-refractivity contribution in [2.75, 3.05) is 20.3 Å². The number of amides is 1. The van der Waals surface area contributed by atoms with E-state index in [2.05, 4.69) is 4.98 Å². The lowest BCUT2D eigenvalue weighted by Crippen LogP contribution is -2.31. The largest absolute Gasteiger partial charge is 0.507 e. The second-order valence-electron chi connectivity index (χ2n) is 8.00. The lowest BCUT2D eigenvalue weighted by molar-refractivity contribution is -0.139. The zero-order chi connectivity index (χ0) is 24.9. The standard InChI is InChI=1S/C26H26ClN3O5/c1-3-35-20-10-7-18(15-21(20)34-2)23-22(24(31)17-5-8-19(27)9-6-17)25(32)26(33)30(23)13-4-12-29-14-11-28-16-29/h5-11,14-16,23,31H,3-4,12-13H2,1-2H3/t23-/m0/s1. The van der Waals surface area contributed by atoms with Gasteiger partial charge in [-0.3, -0.25) is 9.59 Å². The van der Waals surface area contributed by atoms with Gasteiger partial charge in [-0.25, -0.2) is 4.98 Å². The van der Waals surface area contributed by atoms with Gasteiger partial charge in [0.25, 0.3) is 11.7 Å². The molecule has 1 aliphatic rings. The number of methoxy groups -OCH3 is 1. The molecule has 1 aromatic heterocycles. The molecule has 0 radical (unpaired) electrons. The van der Waals surface area contributed by atoms with Crippen LogP contribution in [0.15, 0.2) is 66.8 Å². The number of carbonyl (C=O) groups excluding carboxylic acids is 2. The van der Waals surface area contributed by atoms with Crippen molar-refractivity contribution in [2.45, 2.75) is 25.9 Å². The van der Waals surface area contributed by atoms with Crippen LogP contribution in [0.2, 0.25) is 5.02 Å². The zero-order valence-electron chi connectivity index (χ0n) is 19.5. The fourth-order valence-corrected chi connectivity index (χ4v) is 4.32. The van der Waals surface area contributed by atoms with E-state index in [0.717, 1.165) is 0 Å². The van der Waals surface area contributed by atoms with Gasteiger partial charge in [-0.1, -0.05) is 17.7 Å². The van der Waals surface area contributed by atoms with Gasteiger partial charge in [0.05, 0.1) is 31.7 Å². The Balaban J connectivity index is 1.77. The predicted octanol–water partition coefficient (Wildman–Crippen LogP) is 4.46. The molecule has 35 heavy (non-hydrogen) atoms. The van der Waals surface area contributed by atoms with Crippen molar-refractivity contribution in [1.29, 1.82) is 0 Å². The molecule has 1 atom stereocenters. The topological polar surface area (TPSA) is 93.9 Å². The molecule has 1 aliphatic heterocycles. The van der Waals surface area contributed by atoms with Crippen molar-refractivity contribution in [3.63, 3.8) is 0 Å². The number of hydrogen-bond donors (Lipinski definition) is 1.